The Bertz CT molecular complexity index is 566. The minimum absolute atomic E-state index is 0.0805. The molecule has 0 aliphatic carbocycles. The van der Waals surface area contributed by atoms with E-state index >= 15 is 0 Å². The molecule has 2 rings (SSSR count). The number of sulfonamides is 1. The molecular formula is C12H23N5O2S. The Morgan fingerprint density at radius 1 is 1.50 bits per heavy atom. The van der Waals surface area contributed by atoms with Gasteiger partial charge in [0.25, 0.3) is 10.0 Å². The molecule has 0 saturated carbocycles. The van der Waals surface area contributed by atoms with E-state index < -0.39 is 10.0 Å². The van der Waals surface area contributed by atoms with E-state index in [4.69, 9.17) is 5.73 Å². The summed E-state index contributed by atoms with van der Waals surface area (Å²) in [5, 5.41) is 6.76. The lowest BCUT2D eigenvalue weighted by molar-refractivity contribution is 0.190. The van der Waals surface area contributed by atoms with Gasteiger partial charge in [-0.2, -0.15) is 9.40 Å². The van der Waals surface area contributed by atoms with Crippen molar-refractivity contribution in [2.24, 2.45) is 5.73 Å². The normalized spacial score (nSPS) is 21.6. The van der Waals surface area contributed by atoms with Crippen molar-refractivity contribution in [2.75, 3.05) is 27.2 Å². The first kappa shape index (κ1) is 15.4. The third kappa shape index (κ3) is 2.73. The predicted molar refractivity (Wildman–Crippen MR) is 76.7 cm³/mol. The van der Waals surface area contributed by atoms with E-state index in [9.17, 15) is 8.42 Å². The Labute approximate surface area is 120 Å². The topological polar surface area (TPSA) is 95.3 Å². The van der Waals surface area contributed by atoms with Crippen LogP contribution in [-0.2, 0) is 16.6 Å². The number of likely N-dealkylation sites (N-methyl/N-ethyl adjacent to an activating group) is 1. The number of nitrogens with zero attached hydrogens (tertiary/aromatic N) is 3. The van der Waals surface area contributed by atoms with Crippen molar-refractivity contribution in [1.29, 1.82) is 0 Å². The molecule has 3 N–H and O–H groups in total. The number of aromatic nitrogens is 2. The van der Waals surface area contributed by atoms with Crippen LogP contribution in [-0.4, -0.2) is 61.0 Å². The van der Waals surface area contributed by atoms with Gasteiger partial charge in [-0.1, -0.05) is 0 Å². The highest BCUT2D eigenvalue weighted by molar-refractivity contribution is 7.89. The molecule has 1 aromatic heterocycles. The number of nitrogens with one attached hydrogen (secondary N) is 1. The Morgan fingerprint density at radius 2 is 2.20 bits per heavy atom. The van der Waals surface area contributed by atoms with Crippen LogP contribution in [0.1, 0.15) is 24.1 Å². The van der Waals surface area contributed by atoms with Crippen molar-refractivity contribution in [1.82, 2.24) is 19.4 Å². The van der Waals surface area contributed by atoms with Gasteiger partial charge >= 0.3 is 0 Å². The van der Waals surface area contributed by atoms with Crippen LogP contribution in [0.4, 0.5) is 0 Å². The predicted octanol–water partition coefficient (Wildman–Crippen LogP) is -0.108. The van der Waals surface area contributed by atoms with Gasteiger partial charge in [0.1, 0.15) is 0 Å². The van der Waals surface area contributed by atoms with Crippen LogP contribution in [0.15, 0.2) is 5.03 Å². The highest BCUT2D eigenvalue weighted by Crippen LogP contribution is 2.24. The molecule has 8 heteroatoms. The molecular weight excluding hydrogens is 278 g/mol. The van der Waals surface area contributed by atoms with Crippen LogP contribution in [0.2, 0.25) is 0 Å². The lowest BCUT2D eigenvalue weighted by atomic mass is 10.1. The number of rotatable bonds is 4. The van der Waals surface area contributed by atoms with E-state index in [1.807, 2.05) is 14.1 Å². The van der Waals surface area contributed by atoms with E-state index in [0.29, 0.717) is 24.3 Å². The molecule has 2 heterocycles. The third-order valence-corrected chi connectivity index (χ3v) is 5.75. The summed E-state index contributed by atoms with van der Waals surface area (Å²) in [5.74, 6) is 0. The summed E-state index contributed by atoms with van der Waals surface area (Å²) >= 11 is 0. The molecule has 0 aromatic carbocycles. The molecule has 7 nitrogen and oxygen atoms in total. The van der Waals surface area contributed by atoms with Crippen LogP contribution in [0.5, 0.6) is 0 Å². The van der Waals surface area contributed by atoms with Crippen molar-refractivity contribution in [3.05, 3.63) is 11.3 Å². The van der Waals surface area contributed by atoms with Crippen LogP contribution in [0.3, 0.4) is 0 Å². The minimum atomic E-state index is -3.57. The highest BCUT2D eigenvalue weighted by Gasteiger charge is 2.34. The smallest absolute Gasteiger partial charge is 0.262 e. The number of piperidine rings is 1. The maximum absolute atomic E-state index is 12.7. The molecule has 1 atom stereocenters. The van der Waals surface area contributed by atoms with Crippen molar-refractivity contribution >= 4 is 10.0 Å². The number of H-pyrrole nitrogens is 1. The molecule has 1 saturated heterocycles. The maximum Gasteiger partial charge on any atom is 0.262 e. The zero-order chi connectivity index (χ0) is 14.9. The maximum atomic E-state index is 12.7. The Morgan fingerprint density at radius 3 is 2.80 bits per heavy atom. The molecule has 1 aliphatic heterocycles. The Kier molecular flexibility index (Phi) is 4.48. The van der Waals surface area contributed by atoms with Gasteiger partial charge in [0.15, 0.2) is 5.03 Å². The van der Waals surface area contributed by atoms with Gasteiger partial charge < -0.3 is 10.6 Å². The summed E-state index contributed by atoms with van der Waals surface area (Å²) in [6, 6.07) is 0.250. The van der Waals surface area contributed by atoms with Gasteiger partial charge in [0, 0.05) is 36.9 Å². The molecule has 114 valence electrons. The number of nitrogens with two attached hydrogens (primary N) is 1. The van der Waals surface area contributed by atoms with E-state index in [2.05, 4.69) is 15.1 Å². The van der Waals surface area contributed by atoms with Gasteiger partial charge in [-0.25, -0.2) is 8.42 Å². The summed E-state index contributed by atoms with van der Waals surface area (Å²) in [5.41, 5.74) is 6.94. The van der Waals surface area contributed by atoms with Crippen molar-refractivity contribution in [2.45, 2.75) is 37.4 Å². The Hall–Kier alpha value is -0.960. The van der Waals surface area contributed by atoms with Crippen LogP contribution >= 0.6 is 0 Å². The summed E-state index contributed by atoms with van der Waals surface area (Å²) in [4.78, 5) is 2.07. The van der Waals surface area contributed by atoms with Crippen molar-refractivity contribution < 1.29 is 8.42 Å². The lowest BCUT2D eigenvalue weighted by Crippen LogP contribution is -2.47. The van der Waals surface area contributed by atoms with Crippen LogP contribution in [0.25, 0.3) is 0 Å². The third-order valence-electron chi connectivity index (χ3n) is 3.91. The number of hydrogen-bond acceptors (Lipinski definition) is 5. The SMILES string of the molecule is Cc1[nH]nc(S(=O)(=O)N2CCCC(N(C)C)C2)c1CN. The Balaban J connectivity index is 2.30. The van der Waals surface area contributed by atoms with Crippen molar-refractivity contribution in [3.63, 3.8) is 0 Å². The standard InChI is InChI=1S/C12H23N5O2S/c1-9-11(7-13)12(15-14-9)20(18,19)17-6-4-5-10(8-17)16(2)3/h10H,4-8,13H2,1-3H3,(H,14,15). The van der Waals surface area contributed by atoms with E-state index in [0.717, 1.165) is 12.8 Å². The fourth-order valence-corrected chi connectivity index (χ4v) is 4.26. The first-order valence-corrected chi connectivity index (χ1v) is 8.22. The molecule has 0 bridgehead atoms. The second-order valence-electron chi connectivity index (χ2n) is 5.46. The molecule has 0 radical (unpaired) electrons. The van der Waals surface area contributed by atoms with E-state index in [1.54, 1.807) is 6.92 Å². The van der Waals surface area contributed by atoms with Gasteiger partial charge in [0.05, 0.1) is 0 Å². The van der Waals surface area contributed by atoms with Crippen LogP contribution in [0, 0.1) is 6.92 Å². The first-order valence-electron chi connectivity index (χ1n) is 6.78. The summed E-state index contributed by atoms with van der Waals surface area (Å²) in [6.45, 7) is 3.00. The van der Waals surface area contributed by atoms with Gasteiger partial charge in [-0.05, 0) is 33.9 Å². The molecule has 1 fully saturated rings. The molecule has 1 aromatic rings. The molecule has 0 amide bonds. The van der Waals surface area contributed by atoms with Crippen molar-refractivity contribution in [3.8, 4) is 0 Å². The monoisotopic (exact) mass is 301 g/mol. The second-order valence-corrected chi connectivity index (χ2v) is 7.31. The van der Waals surface area contributed by atoms with Gasteiger partial charge in [-0.15, -0.1) is 0 Å². The zero-order valence-electron chi connectivity index (χ0n) is 12.3. The quantitative estimate of drug-likeness (QED) is 0.809. The fraction of sp³-hybridized carbons (Fsp3) is 0.750. The van der Waals surface area contributed by atoms with Crippen LogP contribution < -0.4 is 5.73 Å². The average molecular weight is 301 g/mol. The number of hydrogen-bond donors (Lipinski definition) is 2. The summed E-state index contributed by atoms with van der Waals surface area (Å²) in [7, 11) is 0.388. The van der Waals surface area contributed by atoms with E-state index in [1.165, 1.54) is 4.31 Å². The van der Waals surface area contributed by atoms with Gasteiger partial charge in [0.2, 0.25) is 0 Å². The molecule has 1 aliphatic rings. The zero-order valence-corrected chi connectivity index (χ0v) is 13.1. The highest BCUT2D eigenvalue weighted by atomic mass is 32.2. The molecule has 1 unspecified atom stereocenters. The second kappa shape index (κ2) is 5.80. The average Bonchev–Trinajstić information content (AvgIpc) is 2.80. The lowest BCUT2D eigenvalue weighted by Gasteiger charge is -2.35. The fourth-order valence-electron chi connectivity index (χ4n) is 2.57. The van der Waals surface area contributed by atoms with E-state index in [-0.39, 0.29) is 17.6 Å². The number of aryl methyl sites for hydroxylation is 1. The summed E-state index contributed by atoms with van der Waals surface area (Å²) < 4.78 is 27.0. The minimum Gasteiger partial charge on any atom is -0.326 e. The number of aromatic amines is 1. The largest absolute Gasteiger partial charge is 0.326 e. The van der Waals surface area contributed by atoms with Gasteiger partial charge in [-0.3, -0.25) is 5.10 Å². The molecule has 20 heavy (non-hydrogen) atoms. The first-order chi connectivity index (χ1) is 9.37. The molecule has 0 spiro atoms. The summed E-state index contributed by atoms with van der Waals surface area (Å²) in [6.07, 6.45) is 1.88.